The van der Waals surface area contributed by atoms with Crippen LogP contribution in [-0.2, 0) is 9.53 Å². The number of amides is 2. The number of hydrogen-bond donors (Lipinski definition) is 2. The van der Waals surface area contributed by atoms with Crippen LogP contribution in [0.4, 0.5) is 10.6 Å². The quantitative estimate of drug-likeness (QED) is 0.377. The Labute approximate surface area is 195 Å². The normalized spacial score (nSPS) is 11.9. The number of rotatable bonds is 9. The van der Waals surface area contributed by atoms with E-state index in [1.807, 2.05) is 32.0 Å². The predicted octanol–water partition coefficient (Wildman–Crippen LogP) is 5.71. The van der Waals surface area contributed by atoms with E-state index in [9.17, 15) is 9.59 Å². The molecule has 0 bridgehead atoms. The average Bonchev–Trinajstić information content (AvgIpc) is 2.72. The van der Waals surface area contributed by atoms with Crippen LogP contribution in [0.1, 0.15) is 41.0 Å². The van der Waals surface area contributed by atoms with Gasteiger partial charge in [-0.3, -0.25) is 4.79 Å². The van der Waals surface area contributed by atoms with Crippen LogP contribution in [0.25, 0.3) is 11.3 Å². The molecule has 2 N–H and O–H groups in total. The molecule has 0 fully saturated rings. The largest absolute Gasteiger partial charge is 0.458 e. The number of nitrogens with zero attached hydrogens (tertiary/aromatic N) is 1. The molecule has 1 heterocycles. The van der Waals surface area contributed by atoms with Gasteiger partial charge in [-0.05, 0) is 75.6 Å². The summed E-state index contributed by atoms with van der Waals surface area (Å²) in [6.07, 6.45) is 1.36. The number of pyridine rings is 1. The fourth-order valence-corrected chi connectivity index (χ4v) is 2.92. The second kappa shape index (κ2) is 11.3. The molecular formula is C26H33N3O4. The maximum Gasteiger partial charge on any atom is 0.408 e. The van der Waals surface area contributed by atoms with Crippen molar-refractivity contribution in [2.45, 2.75) is 52.7 Å². The zero-order chi connectivity index (χ0) is 24.6. The Hall–Kier alpha value is -3.61. The van der Waals surface area contributed by atoms with Gasteiger partial charge in [-0.15, -0.1) is 0 Å². The minimum Gasteiger partial charge on any atom is -0.458 e. The highest BCUT2D eigenvalue weighted by molar-refractivity contribution is 5.96. The van der Waals surface area contributed by atoms with E-state index in [0.29, 0.717) is 29.4 Å². The number of alkyl carbamates (subject to hydrolysis) is 1. The Morgan fingerprint density at radius 1 is 1.12 bits per heavy atom. The summed E-state index contributed by atoms with van der Waals surface area (Å²) in [5.41, 5.74) is 0.883. The van der Waals surface area contributed by atoms with Crippen molar-refractivity contribution in [3.05, 3.63) is 67.5 Å². The predicted molar refractivity (Wildman–Crippen MR) is 131 cm³/mol. The fourth-order valence-electron chi connectivity index (χ4n) is 2.92. The van der Waals surface area contributed by atoms with E-state index in [2.05, 4.69) is 28.8 Å². The van der Waals surface area contributed by atoms with Gasteiger partial charge in [0.2, 0.25) is 5.91 Å². The zero-order valence-corrected chi connectivity index (χ0v) is 20.0. The Morgan fingerprint density at radius 3 is 2.36 bits per heavy atom. The van der Waals surface area contributed by atoms with Crippen LogP contribution in [0.5, 0.6) is 5.75 Å². The molecule has 0 spiro atoms. The Bertz CT molecular complexity index is 991. The SMILES string of the molecule is C=CC(=C)Oc1ccc(-c2cccc(NC(=O)C(CC(C)C)NC(=O)OC(C)(C)C)n2)cc1. The van der Waals surface area contributed by atoms with Crippen molar-refractivity contribution >= 4 is 17.8 Å². The topological polar surface area (TPSA) is 89.6 Å². The van der Waals surface area contributed by atoms with Crippen LogP contribution in [0.3, 0.4) is 0 Å². The summed E-state index contributed by atoms with van der Waals surface area (Å²) in [4.78, 5) is 29.7. The third-order valence-electron chi connectivity index (χ3n) is 4.34. The molecule has 0 aliphatic heterocycles. The second-order valence-electron chi connectivity index (χ2n) is 9.02. The summed E-state index contributed by atoms with van der Waals surface area (Å²) < 4.78 is 10.8. The first-order chi connectivity index (χ1) is 15.5. The number of ether oxygens (including phenoxy) is 2. The minimum absolute atomic E-state index is 0.188. The van der Waals surface area contributed by atoms with Crippen molar-refractivity contribution in [2.24, 2.45) is 5.92 Å². The summed E-state index contributed by atoms with van der Waals surface area (Å²) in [6.45, 7) is 16.6. The maximum absolute atomic E-state index is 12.9. The van der Waals surface area contributed by atoms with Gasteiger partial charge in [0, 0.05) is 5.56 Å². The first-order valence-electron chi connectivity index (χ1n) is 10.8. The lowest BCUT2D eigenvalue weighted by atomic mass is 10.0. The minimum atomic E-state index is -0.750. The highest BCUT2D eigenvalue weighted by Crippen LogP contribution is 2.23. The first-order valence-corrected chi connectivity index (χ1v) is 10.8. The summed E-state index contributed by atoms with van der Waals surface area (Å²) in [5.74, 6) is 1.32. The number of anilines is 1. The molecule has 7 heteroatoms. The van der Waals surface area contributed by atoms with Crippen molar-refractivity contribution in [3.8, 4) is 17.0 Å². The van der Waals surface area contributed by atoms with E-state index >= 15 is 0 Å². The van der Waals surface area contributed by atoms with Gasteiger partial charge in [-0.1, -0.05) is 33.1 Å². The van der Waals surface area contributed by atoms with Gasteiger partial charge in [0.1, 0.15) is 29.0 Å². The highest BCUT2D eigenvalue weighted by Gasteiger charge is 2.25. The summed E-state index contributed by atoms with van der Waals surface area (Å²) in [6, 6.07) is 11.9. The molecule has 33 heavy (non-hydrogen) atoms. The Morgan fingerprint density at radius 2 is 1.79 bits per heavy atom. The molecule has 1 aromatic carbocycles. The molecule has 7 nitrogen and oxygen atoms in total. The summed E-state index contributed by atoms with van der Waals surface area (Å²) in [5, 5.41) is 5.47. The van der Waals surface area contributed by atoms with Crippen molar-refractivity contribution in [1.29, 1.82) is 0 Å². The molecule has 2 rings (SSSR count). The number of benzene rings is 1. The smallest absolute Gasteiger partial charge is 0.408 e. The van der Waals surface area contributed by atoms with Gasteiger partial charge in [0.25, 0.3) is 0 Å². The van der Waals surface area contributed by atoms with E-state index in [4.69, 9.17) is 9.47 Å². The first kappa shape index (κ1) is 25.6. The zero-order valence-electron chi connectivity index (χ0n) is 20.0. The van der Waals surface area contributed by atoms with Crippen LogP contribution < -0.4 is 15.4 Å². The maximum atomic E-state index is 12.9. The lowest BCUT2D eigenvalue weighted by molar-refractivity contribution is -0.118. The number of allylic oxidation sites excluding steroid dienone is 1. The van der Waals surface area contributed by atoms with Gasteiger partial charge in [-0.2, -0.15) is 0 Å². The second-order valence-corrected chi connectivity index (χ2v) is 9.02. The number of aromatic nitrogens is 1. The Balaban J connectivity index is 2.13. The molecule has 176 valence electrons. The van der Waals surface area contributed by atoms with Crippen LogP contribution in [0, 0.1) is 5.92 Å². The molecule has 0 saturated heterocycles. The average molecular weight is 452 g/mol. The molecule has 1 aromatic heterocycles. The highest BCUT2D eigenvalue weighted by atomic mass is 16.6. The van der Waals surface area contributed by atoms with Crippen LogP contribution >= 0.6 is 0 Å². The monoisotopic (exact) mass is 451 g/mol. The van der Waals surface area contributed by atoms with Gasteiger partial charge in [0.15, 0.2) is 0 Å². The van der Waals surface area contributed by atoms with E-state index in [1.165, 1.54) is 6.08 Å². The molecule has 1 unspecified atom stereocenters. The van der Waals surface area contributed by atoms with Gasteiger partial charge >= 0.3 is 6.09 Å². The molecule has 0 aliphatic rings. The third kappa shape index (κ3) is 8.80. The van der Waals surface area contributed by atoms with E-state index in [-0.39, 0.29) is 11.8 Å². The van der Waals surface area contributed by atoms with Crippen LogP contribution in [-0.4, -0.2) is 28.6 Å². The van der Waals surface area contributed by atoms with Crippen LogP contribution in [0.15, 0.2) is 67.5 Å². The molecule has 1 atom stereocenters. The fraction of sp³-hybridized carbons (Fsp3) is 0.346. The van der Waals surface area contributed by atoms with Crippen molar-refractivity contribution in [3.63, 3.8) is 0 Å². The Kier molecular flexibility index (Phi) is 8.79. The van der Waals surface area contributed by atoms with E-state index in [0.717, 1.165) is 5.56 Å². The lowest BCUT2D eigenvalue weighted by Crippen LogP contribution is -2.46. The molecule has 2 aromatic rings. The number of carbonyl (C=O) groups excluding carboxylic acids is 2. The molecular weight excluding hydrogens is 418 g/mol. The van der Waals surface area contributed by atoms with Gasteiger partial charge < -0.3 is 20.1 Å². The molecule has 2 amide bonds. The lowest BCUT2D eigenvalue weighted by Gasteiger charge is -2.24. The van der Waals surface area contributed by atoms with Gasteiger partial charge in [-0.25, -0.2) is 9.78 Å². The summed E-state index contributed by atoms with van der Waals surface area (Å²) >= 11 is 0. The molecule has 0 radical (unpaired) electrons. The van der Waals surface area contributed by atoms with E-state index in [1.54, 1.807) is 45.0 Å². The molecule has 0 aliphatic carbocycles. The van der Waals surface area contributed by atoms with Crippen molar-refractivity contribution in [2.75, 3.05) is 5.32 Å². The van der Waals surface area contributed by atoms with Crippen molar-refractivity contribution < 1.29 is 19.1 Å². The number of nitrogens with one attached hydrogen (secondary N) is 2. The van der Waals surface area contributed by atoms with Gasteiger partial charge in [0.05, 0.1) is 5.69 Å². The van der Waals surface area contributed by atoms with E-state index < -0.39 is 17.7 Å². The number of carbonyl (C=O) groups is 2. The van der Waals surface area contributed by atoms with Crippen molar-refractivity contribution in [1.82, 2.24) is 10.3 Å². The standard InChI is InChI=1S/C26H33N3O4/c1-8-18(4)32-20-14-12-19(13-15-20)21-10-9-11-23(27-21)29-24(30)22(16-17(2)3)28-25(31)33-26(5,6)7/h8-15,17,22H,1,4,16H2,2-3,5-7H3,(H,28,31)(H,27,29,30). The molecule has 0 saturated carbocycles. The van der Waals surface area contributed by atoms with Crippen LogP contribution in [0.2, 0.25) is 0 Å². The third-order valence-corrected chi connectivity index (χ3v) is 4.34. The number of hydrogen-bond acceptors (Lipinski definition) is 5. The summed E-state index contributed by atoms with van der Waals surface area (Å²) in [7, 11) is 0.